The fourth-order valence-electron chi connectivity index (χ4n) is 1.27. The molecule has 0 aliphatic heterocycles. The van der Waals surface area contributed by atoms with E-state index in [1.54, 1.807) is 11.7 Å². The van der Waals surface area contributed by atoms with E-state index in [2.05, 4.69) is 30.8 Å². The van der Waals surface area contributed by atoms with Crippen molar-refractivity contribution in [1.29, 1.82) is 0 Å². The molecule has 0 aromatic carbocycles. The lowest BCUT2D eigenvalue weighted by Gasteiger charge is -2.05. The maximum atomic E-state index is 4.34. The van der Waals surface area contributed by atoms with Crippen LogP contribution in [0.15, 0.2) is 16.2 Å². The maximum Gasteiger partial charge on any atom is 0.215 e. The Morgan fingerprint density at radius 3 is 2.88 bits per heavy atom. The Bertz CT molecular complexity index is 510. The molecule has 0 saturated heterocycles. The van der Waals surface area contributed by atoms with Gasteiger partial charge in [-0.2, -0.15) is 0 Å². The number of nitrogens with one attached hydrogen (secondary N) is 1. The Morgan fingerprint density at radius 2 is 2.24 bits per heavy atom. The predicted octanol–water partition coefficient (Wildman–Crippen LogP) is 0.892. The molecule has 0 bridgehead atoms. The van der Waals surface area contributed by atoms with E-state index in [0.717, 1.165) is 23.2 Å². The lowest BCUT2D eigenvalue weighted by molar-refractivity contribution is 0.664. The Hall–Kier alpha value is -1.70. The van der Waals surface area contributed by atoms with Crippen LogP contribution in [-0.2, 0) is 7.05 Å². The summed E-state index contributed by atoms with van der Waals surface area (Å²) in [7, 11) is 1.79. The first kappa shape index (κ1) is 11.8. The minimum atomic E-state index is 0.700. The number of hydrogen-bond donors (Lipinski definition) is 1. The molecule has 7 nitrogen and oxygen atoms in total. The van der Waals surface area contributed by atoms with Gasteiger partial charge in [0.2, 0.25) is 5.16 Å². The van der Waals surface area contributed by atoms with Crippen molar-refractivity contribution in [2.45, 2.75) is 24.0 Å². The number of rotatable bonds is 4. The zero-order valence-corrected chi connectivity index (χ0v) is 10.7. The van der Waals surface area contributed by atoms with E-state index in [0.29, 0.717) is 5.16 Å². The third-order valence-electron chi connectivity index (χ3n) is 1.95. The number of aromatic nitrogens is 6. The molecule has 0 fully saturated rings. The van der Waals surface area contributed by atoms with Gasteiger partial charge < -0.3 is 5.32 Å². The number of hydrogen-bond acceptors (Lipinski definition) is 7. The summed E-state index contributed by atoms with van der Waals surface area (Å²) in [5.41, 5.74) is 0. The van der Waals surface area contributed by atoms with Crippen LogP contribution in [0.4, 0.5) is 5.82 Å². The molecular formula is C9H13N7S. The third-order valence-corrected chi connectivity index (χ3v) is 2.90. The maximum absolute atomic E-state index is 4.34. The van der Waals surface area contributed by atoms with Crippen LogP contribution in [0.3, 0.4) is 0 Å². The Morgan fingerprint density at radius 1 is 1.41 bits per heavy atom. The highest BCUT2D eigenvalue weighted by atomic mass is 32.2. The van der Waals surface area contributed by atoms with Gasteiger partial charge in [0.25, 0.3) is 0 Å². The average molecular weight is 251 g/mol. The van der Waals surface area contributed by atoms with Gasteiger partial charge in [-0.05, 0) is 36.0 Å². The number of aryl methyl sites for hydroxylation is 2. The minimum absolute atomic E-state index is 0.700. The Balaban J connectivity index is 2.23. The van der Waals surface area contributed by atoms with Gasteiger partial charge in [0.1, 0.15) is 16.7 Å². The highest BCUT2D eigenvalue weighted by Gasteiger charge is 2.08. The highest BCUT2D eigenvalue weighted by molar-refractivity contribution is 7.99. The molecule has 0 aliphatic rings. The number of tetrazole rings is 1. The van der Waals surface area contributed by atoms with E-state index in [9.17, 15) is 0 Å². The van der Waals surface area contributed by atoms with Crippen LogP contribution in [0, 0.1) is 6.92 Å². The smallest absolute Gasteiger partial charge is 0.215 e. The van der Waals surface area contributed by atoms with Crippen molar-refractivity contribution in [3.05, 3.63) is 11.9 Å². The largest absolute Gasteiger partial charge is 0.370 e. The summed E-state index contributed by atoms with van der Waals surface area (Å²) in [6.45, 7) is 4.71. The summed E-state index contributed by atoms with van der Waals surface area (Å²) in [5, 5.41) is 15.9. The van der Waals surface area contributed by atoms with Crippen molar-refractivity contribution < 1.29 is 0 Å². The third kappa shape index (κ3) is 2.90. The molecule has 0 amide bonds. The van der Waals surface area contributed by atoms with Crippen molar-refractivity contribution in [2.24, 2.45) is 7.05 Å². The minimum Gasteiger partial charge on any atom is -0.370 e. The lowest BCUT2D eigenvalue weighted by Crippen LogP contribution is -2.02. The Kier molecular flexibility index (Phi) is 3.52. The van der Waals surface area contributed by atoms with Crippen LogP contribution >= 0.6 is 11.8 Å². The van der Waals surface area contributed by atoms with Gasteiger partial charge in [0.05, 0.1) is 0 Å². The van der Waals surface area contributed by atoms with Gasteiger partial charge in [-0.25, -0.2) is 14.6 Å². The van der Waals surface area contributed by atoms with Crippen LogP contribution in [0.1, 0.15) is 12.7 Å². The second-order valence-electron chi connectivity index (χ2n) is 3.36. The summed E-state index contributed by atoms with van der Waals surface area (Å²) < 4.78 is 1.61. The molecule has 2 rings (SSSR count). The van der Waals surface area contributed by atoms with Crippen LogP contribution in [-0.4, -0.2) is 36.7 Å². The quantitative estimate of drug-likeness (QED) is 0.808. The van der Waals surface area contributed by atoms with E-state index < -0.39 is 0 Å². The van der Waals surface area contributed by atoms with Crippen molar-refractivity contribution >= 4 is 17.6 Å². The standard InChI is InChI=1S/C9H13N7S/c1-4-10-7-5-8(12-6(2)11-7)17-9-13-14-15-16(9)3/h5H,4H2,1-3H3,(H,10,11,12). The summed E-state index contributed by atoms with van der Waals surface area (Å²) >= 11 is 1.41. The first-order chi connectivity index (χ1) is 8.19. The van der Waals surface area contributed by atoms with E-state index in [1.807, 2.05) is 19.9 Å². The van der Waals surface area contributed by atoms with Crippen LogP contribution in [0.5, 0.6) is 0 Å². The van der Waals surface area contributed by atoms with Crippen molar-refractivity contribution in [2.75, 3.05) is 11.9 Å². The van der Waals surface area contributed by atoms with E-state index in [4.69, 9.17) is 0 Å². The number of nitrogens with zero attached hydrogens (tertiary/aromatic N) is 6. The fourth-order valence-corrected chi connectivity index (χ4v) is 2.05. The normalized spacial score (nSPS) is 10.5. The van der Waals surface area contributed by atoms with Crippen molar-refractivity contribution in [3.8, 4) is 0 Å². The topological polar surface area (TPSA) is 81.4 Å². The molecule has 0 atom stereocenters. The highest BCUT2D eigenvalue weighted by Crippen LogP contribution is 2.24. The van der Waals surface area contributed by atoms with E-state index in [-0.39, 0.29) is 0 Å². The van der Waals surface area contributed by atoms with Crippen LogP contribution in [0.2, 0.25) is 0 Å². The lowest BCUT2D eigenvalue weighted by atomic mass is 10.5. The zero-order chi connectivity index (χ0) is 12.3. The summed E-state index contributed by atoms with van der Waals surface area (Å²) in [6.07, 6.45) is 0. The number of anilines is 1. The molecule has 0 radical (unpaired) electrons. The van der Waals surface area contributed by atoms with Gasteiger partial charge in [-0.15, -0.1) is 5.10 Å². The van der Waals surface area contributed by atoms with Crippen LogP contribution < -0.4 is 5.32 Å². The molecule has 8 heteroatoms. The molecular weight excluding hydrogens is 238 g/mol. The van der Waals surface area contributed by atoms with Gasteiger partial charge in [-0.1, -0.05) is 0 Å². The van der Waals surface area contributed by atoms with E-state index >= 15 is 0 Å². The van der Waals surface area contributed by atoms with E-state index in [1.165, 1.54) is 11.8 Å². The average Bonchev–Trinajstić information content (AvgIpc) is 2.64. The second kappa shape index (κ2) is 5.09. The molecule has 0 unspecified atom stereocenters. The summed E-state index contributed by atoms with van der Waals surface area (Å²) in [6, 6.07) is 1.88. The fraction of sp³-hybridized carbons (Fsp3) is 0.444. The van der Waals surface area contributed by atoms with Gasteiger partial charge in [0, 0.05) is 19.7 Å². The molecule has 90 valence electrons. The first-order valence-electron chi connectivity index (χ1n) is 5.19. The SMILES string of the molecule is CCNc1cc(Sc2nnnn2C)nc(C)n1. The molecule has 1 N–H and O–H groups in total. The molecule has 2 heterocycles. The molecule has 2 aromatic heterocycles. The van der Waals surface area contributed by atoms with Crippen molar-refractivity contribution in [1.82, 2.24) is 30.2 Å². The Labute approximate surface area is 103 Å². The van der Waals surface area contributed by atoms with Gasteiger partial charge in [-0.3, -0.25) is 0 Å². The zero-order valence-electron chi connectivity index (χ0n) is 9.88. The molecule has 17 heavy (non-hydrogen) atoms. The molecule has 0 aliphatic carbocycles. The second-order valence-corrected chi connectivity index (χ2v) is 4.34. The molecule has 2 aromatic rings. The summed E-state index contributed by atoms with van der Waals surface area (Å²) in [5.74, 6) is 1.54. The monoisotopic (exact) mass is 251 g/mol. The predicted molar refractivity (Wildman–Crippen MR) is 63.9 cm³/mol. The molecule has 0 spiro atoms. The van der Waals surface area contributed by atoms with Gasteiger partial charge in [0.15, 0.2) is 0 Å². The van der Waals surface area contributed by atoms with Crippen molar-refractivity contribution in [3.63, 3.8) is 0 Å². The van der Waals surface area contributed by atoms with Crippen LogP contribution in [0.25, 0.3) is 0 Å². The van der Waals surface area contributed by atoms with Gasteiger partial charge >= 0.3 is 0 Å². The first-order valence-corrected chi connectivity index (χ1v) is 6.00. The molecule has 0 saturated carbocycles. The summed E-state index contributed by atoms with van der Waals surface area (Å²) in [4.78, 5) is 8.62.